The first-order valence-electron chi connectivity index (χ1n) is 11.3. The summed E-state index contributed by atoms with van der Waals surface area (Å²) in [5, 5.41) is 2.87. The molecular weight excluding hydrogens is 448 g/mol. The number of nitrogens with one attached hydrogen (secondary N) is 1. The van der Waals surface area contributed by atoms with Gasteiger partial charge in [0.1, 0.15) is 6.54 Å². The number of rotatable bonds is 11. The number of aromatic nitrogens is 2. The molecule has 1 aromatic heterocycles. The van der Waals surface area contributed by atoms with E-state index >= 15 is 0 Å². The maximum Gasteiger partial charge on any atom is 0.246 e. The zero-order valence-corrected chi connectivity index (χ0v) is 20.8. The molecule has 0 saturated heterocycles. The van der Waals surface area contributed by atoms with Gasteiger partial charge in [-0.2, -0.15) is 0 Å². The smallest absolute Gasteiger partial charge is 0.246 e. The molecule has 0 aliphatic rings. The summed E-state index contributed by atoms with van der Waals surface area (Å²) in [6.45, 7) is 4.15. The highest BCUT2D eigenvalue weighted by Crippen LogP contribution is 2.31. The van der Waals surface area contributed by atoms with Crippen LogP contribution in [-0.4, -0.2) is 67.3 Å². The molecule has 2 aromatic carbocycles. The molecule has 0 radical (unpaired) electrons. The number of hydrogen-bond donors (Lipinski definition) is 1. The number of benzene rings is 2. The van der Waals surface area contributed by atoms with Gasteiger partial charge in [-0.15, -0.1) is 0 Å². The summed E-state index contributed by atoms with van der Waals surface area (Å²) in [6.07, 6.45) is 1.84. The molecule has 0 spiro atoms. The quantitative estimate of drug-likeness (QED) is 0.450. The van der Waals surface area contributed by atoms with Gasteiger partial charge in [0.05, 0.1) is 32.2 Å². The Bertz CT molecular complexity index is 1140. The van der Waals surface area contributed by atoms with Crippen molar-refractivity contribution in [1.29, 1.82) is 0 Å². The van der Waals surface area contributed by atoms with E-state index in [1.54, 1.807) is 51.9 Å². The van der Waals surface area contributed by atoms with Gasteiger partial charge in [0.15, 0.2) is 11.5 Å². The molecule has 0 aliphatic heterocycles. The largest absolute Gasteiger partial charge is 0.493 e. The molecule has 186 valence electrons. The number of methoxy groups -OCH3 is 3. The SMILES string of the molecule is COCCN(CC(=O)Nc1nc(-c2ccccc2)cn1-c1ccc(OC)c(OC)c1)C(=O)C(C)C. The lowest BCUT2D eigenvalue weighted by molar-refractivity contribution is -0.138. The van der Waals surface area contributed by atoms with Crippen molar-refractivity contribution in [2.24, 2.45) is 5.92 Å². The molecule has 35 heavy (non-hydrogen) atoms. The molecule has 1 heterocycles. The number of ether oxygens (including phenoxy) is 3. The predicted molar refractivity (Wildman–Crippen MR) is 134 cm³/mol. The molecule has 9 heteroatoms. The number of carbonyl (C=O) groups excluding carboxylic acids is 2. The first kappa shape index (κ1) is 25.8. The van der Waals surface area contributed by atoms with Crippen LogP contribution in [-0.2, 0) is 14.3 Å². The van der Waals surface area contributed by atoms with Gasteiger partial charge in [-0.1, -0.05) is 44.2 Å². The Balaban J connectivity index is 1.95. The summed E-state index contributed by atoms with van der Waals surface area (Å²) in [4.78, 5) is 31.8. The van der Waals surface area contributed by atoms with E-state index in [1.807, 2.05) is 42.6 Å². The first-order valence-corrected chi connectivity index (χ1v) is 11.3. The van der Waals surface area contributed by atoms with Crippen molar-refractivity contribution in [2.75, 3.05) is 46.3 Å². The highest BCUT2D eigenvalue weighted by Gasteiger charge is 2.22. The third-order valence-corrected chi connectivity index (χ3v) is 5.38. The second-order valence-corrected chi connectivity index (χ2v) is 8.18. The first-order chi connectivity index (χ1) is 16.9. The Kier molecular flexibility index (Phi) is 8.86. The molecule has 3 rings (SSSR count). The molecule has 0 fully saturated rings. The second kappa shape index (κ2) is 12.0. The van der Waals surface area contributed by atoms with Gasteiger partial charge in [-0.25, -0.2) is 4.98 Å². The minimum atomic E-state index is -0.359. The minimum Gasteiger partial charge on any atom is -0.493 e. The molecule has 0 saturated carbocycles. The van der Waals surface area contributed by atoms with E-state index < -0.39 is 0 Å². The number of imidazole rings is 1. The fraction of sp³-hybridized carbons (Fsp3) is 0.346. The van der Waals surface area contributed by atoms with Crippen LogP contribution in [0.25, 0.3) is 16.9 Å². The normalized spacial score (nSPS) is 10.8. The lowest BCUT2D eigenvalue weighted by atomic mass is 10.2. The molecule has 9 nitrogen and oxygen atoms in total. The second-order valence-electron chi connectivity index (χ2n) is 8.18. The van der Waals surface area contributed by atoms with Crippen molar-refractivity contribution in [1.82, 2.24) is 14.5 Å². The summed E-state index contributed by atoms with van der Waals surface area (Å²) in [5.74, 6) is 0.743. The highest BCUT2D eigenvalue weighted by molar-refractivity contribution is 5.94. The van der Waals surface area contributed by atoms with Crippen molar-refractivity contribution in [3.8, 4) is 28.4 Å². The Morgan fingerprint density at radius 3 is 2.37 bits per heavy atom. The minimum absolute atomic E-state index is 0.111. The van der Waals surface area contributed by atoms with Gasteiger partial charge in [0, 0.05) is 37.4 Å². The third-order valence-electron chi connectivity index (χ3n) is 5.38. The van der Waals surface area contributed by atoms with Crippen molar-refractivity contribution < 1.29 is 23.8 Å². The average Bonchev–Trinajstić information content (AvgIpc) is 3.29. The van der Waals surface area contributed by atoms with Crippen LogP contribution in [0.5, 0.6) is 11.5 Å². The third kappa shape index (κ3) is 6.39. The van der Waals surface area contributed by atoms with Gasteiger partial charge in [0.2, 0.25) is 17.8 Å². The van der Waals surface area contributed by atoms with Crippen LogP contribution in [0.4, 0.5) is 5.95 Å². The van der Waals surface area contributed by atoms with E-state index in [-0.39, 0.29) is 24.3 Å². The number of carbonyl (C=O) groups is 2. The van der Waals surface area contributed by atoms with Crippen molar-refractivity contribution in [3.05, 3.63) is 54.7 Å². The Labute approximate surface area is 205 Å². The van der Waals surface area contributed by atoms with Crippen LogP contribution in [0.15, 0.2) is 54.7 Å². The monoisotopic (exact) mass is 480 g/mol. The highest BCUT2D eigenvalue weighted by atomic mass is 16.5. The molecule has 0 bridgehead atoms. The van der Waals surface area contributed by atoms with Crippen LogP contribution in [0.3, 0.4) is 0 Å². The van der Waals surface area contributed by atoms with E-state index in [0.717, 1.165) is 11.3 Å². The van der Waals surface area contributed by atoms with E-state index in [4.69, 9.17) is 14.2 Å². The molecular formula is C26H32N4O5. The summed E-state index contributed by atoms with van der Waals surface area (Å²) in [7, 11) is 4.69. The van der Waals surface area contributed by atoms with Crippen molar-refractivity contribution >= 4 is 17.8 Å². The topological polar surface area (TPSA) is 94.9 Å². The Morgan fingerprint density at radius 2 is 1.74 bits per heavy atom. The van der Waals surface area contributed by atoms with E-state index in [0.29, 0.717) is 36.3 Å². The molecule has 0 aliphatic carbocycles. The Hall–Kier alpha value is -3.85. The zero-order chi connectivity index (χ0) is 25.4. The van der Waals surface area contributed by atoms with E-state index in [9.17, 15) is 9.59 Å². The number of anilines is 1. The molecule has 2 amide bonds. The van der Waals surface area contributed by atoms with Crippen LogP contribution < -0.4 is 14.8 Å². The van der Waals surface area contributed by atoms with Crippen LogP contribution >= 0.6 is 0 Å². The summed E-state index contributed by atoms with van der Waals surface area (Å²) in [5.41, 5.74) is 2.31. The average molecular weight is 481 g/mol. The van der Waals surface area contributed by atoms with Gasteiger partial charge in [-0.3, -0.25) is 19.5 Å². The Morgan fingerprint density at radius 1 is 1.03 bits per heavy atom. The summed E-state index contributed by atoms with van der Waals surface area (Å²) < 4.78 is 17.7. The molecule has 0 atom stereocenters. The molecule has 1 N–H and O–H groups in total. The van der Waals surface area contributed by atoms with Gasteiger partial charge < -0.3 is 19.1 Å². The molecule has 0 unspecified atom stereocenters. The summed E-state index contributed by atoms with van der Waals surface area (Å²) in [6, 6.07) is 15.1. The van der Waals surface area contributed by atoms with E-state index in [2.05, 4.69) is 10.3 Å². The fourth-order valence-corrected chi connectivity index (χ4v) is 3.56. The lowest BCUT2D eigenvalue weighted by Gasteiger charge is -2.23. The maximum atomic E-state index is 13.0. The van der Waals surface area contributed by atoms with Gasteiger partial charge >= 0.3 is 0 Å². The van der Waals surface area contributed by atoms with Gasteiger partial charge in [0.25, 0.3) is 0 Å². The van der Waals surface area contributed by atoms with E-state index in [1.165, 1.54) is 4.90 Å². The lowest BCUT2D eigenvalue weighted by Crippen LogP contribution is -2.42. The van der Waals surface area contributed by atoms with Crippen LogP contribution in [0.1, 0.15) is 13.8 Å². The predicted octanol–water partition coefficient (Wildman–Crippen LogP) is 3.63. The zero-order valence-electron chi connectivity index (χ0n) is 20.8. The summed E-state index contributed by atoms with van der Waals surface area (Å²) >= 11 is 0. The van der Waals surface area contributed by atoms with Gasteiger partial charge in [-0.05, 0) is 12.1 Å². The molecule has 3 aromatic rings. The number of nitrogens with zero attached hydrogens (tertiary/aromatic N) is 3. The van der Waals surface area contributed by atoms with Crippen LogP contribution in [0, 0.1) is 5.92 Å². The van der Waals surface area contributed by atoms with Crippen molar-refractivity contribution in [3.63, 3.8) is 0 Å². The maximum absolute atomic E-state index is 13.0. The fourth-order valence-electron chi connectivity index (χ4n) is 3.56. The number of amides is 2. The standard InChI is InChI=1S/C26H32N4O5/c1-18(2)25(32)29(13-14-33-3)17-24(31)28-26-27-21(19-9-7-6-8-10-19)16-30(26)20-11-12-22(34-4)23(15-20)35-5/h6-12,15-16,18H,13-14,17H2,1-5H3,(H,27,28,31). The van der Waals surface area contributed by atoms with Crippen LogP contribution in [0.2, 0.25) is 0 Å². The van der Waals surface area contributed by atoms with Crippen molar-refractivity contribution in [2.45, 2.75) is 13.8 Å². The number of hydrogen-bond acceptors (Lipinski definition) is 6.